The maximum atomic E-state index is 5.83. The van der Waals surface area contributed by atoms with Crippen molar-refractivity contribution in [3.8, 4) is 0 Å². The van der Waals surface area contributed by atoms with E-state index in [0.717, 1.165) is 13.1 Å². The summed E-state index contributed by atoms with van der Waals surface area (Å²) in [5.74, 6) is 0. The first-order valence-corrected chi connectivity index (χ1v) is 16.0. The molecule has 0 radical (unpaired) electrons. The van der Waals surface area contributed by atoms with Crippen LogP contribution in [0.15, 0.2) is 0 Å². The van der Waals surface area contributed by atoms with E-state index < -0.39 is 0 Å². The summed E-state index contributed by atoms with van der Waals surface area (Å²) in [6.45, 7) is 33.3. The van der Waals surface area contributed by atoms with E-state index in [4.69, 9.17) is 14.2 Å². The standard InChI is InChI=1S/2C11H23NO.C10H21NO/c1-9(2)12-7-5-11(6-8-12)13-10(3)4;1-9(2)12-7-5-6-11(8-12)13-10(3)4;1-8(2)11-6-5-10(7-11)12-9(3)4/h2*9-11H,5-8H2,1-4H3;8-10H,5-7H2,1-4H3. The van der Waals surface area contributed by atoms with Crippen LogP contribution in [0, 0.1) is 0 Å². The number of nitrogens with zero attached hydrogens (tertiary/aromatic N) is 3. The van der Waals surface area contributed by atoms with Crippen LogP contribution < -0.4 is 0 Å². The Morgan fingerprint density at radius 3 is 1.16 bits per heavy atom. The van der Waals surface area contributed by atoms with E-state index in [2.05, 4.69) is 97.8 Å². The molecule has 0 amide bonds. The third-order valence-corrected chi connectivity index (χ3v) is 7.65. The summed E-state index contributed by atoms with van der Waals surface area (Å²) < 4.78 is 17.4. The highest BCUT2D eigenvalue weighted by atomic mass is 16.5. The van der Waals surface area contributed by atoms with Gasteiger partial charge in [0.1, 0.15) is 0 Å². The lowest BCUT2D eigenvalue weighted by atomic mass is 10.1. The van der Waals surface area contributed by atoms with Gasteiger partial charge in [-0.1, -0.05) is 0 Å². The molecule has 0 saturated carbocycles. The second-order valence-corrected chi connectivity index (χ2v) is 13.2. The zero-order valence-electron chi connectivity index (χ0n) is 27.5. The molecular weight excluding hydrogens is 474 g/mol. The minimum atomic E-state index is 0.372. The molecular formula is C32H67N3O3. The van der Waals surface area contributed by atoms with Crippen molar-refractivity contribution in [1.82, 2.24) is 14.7 Å². The van der Waals surface area contributed by atoms with E-state index in [9.17, 15) is 0 Å². The van der Waals surface area contributed by atoms with Gasteiger partial charge in [-0.3, -0.25) is 9.80 Å². The molecule has 2 unspecified atom stereocenters. The number of ether oxygens (including phenoxy) is 3. The smallest absolute Gasteiger partial charge is 0.0717 e. The highest BCUT2D eigenvalue weighted by Crippen LogP contribution is 2.18. The summed E-state index contributed by atoms with van der Waals surface area (Å²) >= 11 is 0. The maximum absolute atomic E-state index is 5.83. The van der Waals surface area contributed by atoms with Gasteiger partial charge in [0, 0.05) is 50.8 Å². The first-order chi connectivity index (χ1) is 17.8. The Balaban J connectivity index is 0.000000285. The number of hydrogen-bond donors (Lipinski definition) is 0. The molecule has 0 aromatic rings. The van der Waals surface area contributed by atoms with Gasteiger partial charge in [0.05, 0.1) is 36.6 Å². The van der Waals surface area contributed by atoms with Crippen molar-refractivity contribution < 1.29 is 14.2 Å². The highest BCUT2D eigenvalue weighted by molar-refractivity contribution is 4.79. The Morgan fingerprint density at radius 1 is 0.421 bits per heavy atom. The normalized spacial score (nSPS) is 24.5. The van der Waals surface area contributed by atoms with Crippen LogP contribution in [0.3, 0.4) is 0 Å². The minimum absolute atomic E-state index is 0.372. The van der Waals surface area contributed by atoms with Crippen molar-refractivity contribution in [3.63, 3.8) is 0 Å². The van der Waals surface area contributed by atoms with Gasteiger partial charge in [0.15, 0.2) is 0 Å². The van der Waals surface area contributed by atoms with E-state index in [1.165, 1.54) is 58.3 Å². The molecule has 0 N–H and O–H groups in total. The quantitative estimate of drug-likeness (QED) is 0.333. The first-order valence-electron chi connectivity index (χ1n) is 16.0. The average Bonchev–Trinajstić information content (AvgIpc) is 3.28. The molecule has 2 atom stereocenters. The lowest BCUT2D eigenvalue weighted by Crippen LogP contribution is -2.43. The van der Waals surface area contributed by atoms with Crippen LogP contribution in [0.5, 0.6) is 0 Å². The Morgan fingerprint density at radius 2 is 0.763 bits per heavy atom. The van der Waals surface area contributed by atoms with Crippen molar-refractivity contribution in [1.29, 1.82) is 0 Å². The molecule has 0 bridgehead atoms. The Hall–Kier alpha value is -0.240. The zero-order chi connectivity index (χ0) is 28.8. The summed E-state index contributed by atoms with van der Waals surface area (Å²) in [4.78, 5) is 7.52. The van der Waals surface area contributed by atoms with Crippen molar-refractivity contribution in [2.24, 2.45) is 0 Å². The lowest BCUT2D eigenvalue weighted by molar-refractivity contribution is -0.0391. The molecule has 3 rings (SSSR count). The van der Waals surface area contributed by atoms with Gasteiger partial charge in [0.2, 0.25) is 0 Å². The van der Waals surface area contributed by atoms with E-state index in [1.54, 1.807) is 0 Å². The van der Waals surface area contributed by atoms with E-state index in [0.29, 0.717) is 54.7 Å². The number of piperidine rings is 2. The molecule has 3 aliphatic rings. The second-order valence-electron chi connectivity index (χ2n) is 13.2. The molecule has 6 heteroatoms. The molecule has 0 aromatic carbocycles. The molecule has 3 aliphatic heterocycles. The predicted octanol–water partition coefficient (Wildman–Crippen LogP) is 6.46. The van der Waals surface area contributed by atoms with Gasteiger partial charge >= 0.3 is 0 Å². The van der Waals surface area contributed by atoms with E-state index in [1.807, 2.05) is 0 Å². The minimum Gasteiger partial charge on any atom is -0.375 e. The average molecular weight is 542 g/mol. The van der Waals surface area contributed by atoms with Crippen molar-refractivity contribution >= 4 is 0 Å². The maximum Gasteiger partial charge on any atom is 0.0717 e. The summed E-state index contributed by atoms with van der Waals surface area (Å²) in [6.07, 6.45) is 8.73. The third-order valence-electron chi connectivity index (χ3n) is 7.65. The fourth-order valence-corrected chi connectivity index (χ4v) is 5.56. The van der Waals surface area contributed by atoms with Gasteiger partial charge < -0.3 is 19.1 Å². The third kappa shape index (κ3) is 15.5. The van der Waals surface area contributed by atoms with Gasteiger partial charge in [0.25, 0.3) is 0 Å². The summed E-state index contributed by atoms with van der Waals surface area (Å²) in [7, 11) is 0. The largest absolute Gasteiger partial charge is 0.375 e. The molecule has 0 aromatic heterocycles. The molecule has 6 nitrogen and oxygen atoms in total. The second kappa shape index (κ2) is 19.0. The van der Waals surface area contributed by atoms with Gasteiger partial charge in [-0.25, -0.2) is 0 Å². The van der Waals surface area contributed by atoms with Crippen molar-refractivity contribution in [2.45, 2.75) is 170 Å². The summed E-state index contributed by atoms with van der Waals surface area (Å²) in [6, 6.07) is 2.03. The molecule has 228 valence electrons. The molecule has 0 spiro atoms. The topological polar surface area (TPSA) is 37.4 Å². The SMILES string of the molecule is CC(C)OC1CCCN(C(C)C)C1.CC(C)OC1CCN(C(C)C)C1.CC(C)OC1CCN(C(C)C)CC1. The predicted molar refractivity (Wildman–Crippen MR) is 163 cm³/mol. The zero-order valence-corrected chi connectivity index (χ0v) is 27.5. The van der Waals surface area contributed by atoms with E-state index >= 15 is 0 Å². The van der Waals surface area contributed by atoms with Crippen LogP contribution in [-0.4, -0.2) is 109 Å². The number of rotatable bonds is 9. The number of hydrogen-bond acceptors (Lipinski definition) is 6. The van der Waals surface area contributed by atoms with Crippen molar-refractivity contribution in [3.05, 3.63) is 0 Å². The van der Waals surface area contributed by atoms with Gasteiger partial charge in [-0.05, 0) is 122 Å². The van der Waals surface area contributed by atoms with Gasteiger partial charge in [-0.2, -0.15) is 0 Å². The van der Waals surface area contributed by atoms with Crippen LogP contribution in [0.1, 0.15) is 115 Å². The molecule has 0 aliphatic carbocycles. The van der Waals surface area contributed by atoms with Crippen molar-refractivity contribution in [2.75, 3.05) is 39.3 Å². The molecule has 3 saturated heterocycles. The van der Waals surface area contributed by atoms with Crippen LogP contribution in [-0.2, 0) is 14.2 Å². The van der Waals surface area contributed by atoms with Gasteiger partial charge in [-0.15, -0.1) is 0 Å². The van der Waals surface area contributed by atoms with Crippen LogP contribution in [0.4, 0.5) is 0 Å². The fourth-order valence-electron chi connectivity index (χ4n) is 5.56. The highest BCUT2D eigenvalue weighted by Gasteiger charge is 2.25. The monoisotopic (exact) mass is 542 g/mol. The fraction of sp³-hybridized carbons (Fsp3) is 1.00. The summed E-state index contributed by atoms with van der Waals surface area (Å²) in [5, 5.41) is 0. The summed E-state index contributed by atoms with van der Waals surface area (Å²) in [5.41, 5.74) is 0. The number of likely N-dealkylation sites (tertiary alicyclic amines) is 3. The molecule has 38 heavy (non-hydrogen) atoms. The van der Waals surface area contributed by atoms with E-state index in [-0.39, 0.29) is 0 Å². The van der Waals surface area contributed by atoms with Crippen LogP contribution in [0.25, 0.3) is 0 Å². The lowest BCUT2D eigenvalue weighted by Gasteiger charge is -2.36. The molecule has 3 heterocycles. The Kier molecular flexibility index (Phi) is 17.9. The first kappa shape index (κ1) is 35.8. The van der Waals surface area contributed by atoms with Crippen LogP contribution in [0.2, 0.25) is 0 Å². The van der Waals surface area contributed by atoms with Crippen LogP contribution >= 0.6 is 0 Å². The Labute approximate surface area is 238 Å². The Bertz CT molecular complexity index is 574. The molecule has 3 fully saturated rings.